The zero-order chi connectivity index (χ0) is 12.4. The summed E-state index contributed by atoms with van der Waals surface area (Å²) in [6.07, 6.45) is -1.91. The fraction of sp³-hybridized carbons (Fsp3) is 0.455. The van der Waals surface area contributed by atoms with Crippen molar-refractivity contribution >= 4 is 15.9 Å². The summed E-state index contributed by atoms with van der Waals surface area (Å²) in [5.41, 5.74) is -0.124. The smallest absolute Gasteiger partial charge is 0.137 e. The van der Waals surface area contributed by atoms with Crippen molar-refractivity contribution in [1.82, 2.24) is 0 Å². The molecule has 0 spiro atoms. The van der Waals surface area contributed by atoms with Crippen LogP contribution >= 0.6 is 15.9 Å². The number of hydrogen-bond donors (Lipinski definition) is 1. The monoisotopic (exact) mass is 308 g/mol. The highest BCUT2D eigenvalue weighted by molar-refractivity contribution is 9.10. The fourth-order valence-electron chi connectivity index (χ4n) is 1.65. The standard InChI is InChI=1S/C11H11BrF2O3/c12-7-4-8(13)6(3-9(7)14)11(15)10-5-16-1-2-17-10/h3-4,10-11,15H,1-2,5H2. The summed E-state index contributed by atoms with van der Waals surface area (Å²) in [5, 5.41) is 9.91. The second-order valence-corrected chi connectivity index (χ2v) is 4.57. The van der Waals surface area contributed by atoms with Gasteiger partial charge in [-0.05, 0) is 28.1 Å². The van der Waals surface area contributed by atoms with Gasteiger partial charge in [0.1, 0.15) is 23.8 Å². The van der Waals surface area contributed by atoms with Crippen LogP contribution in [0.5, 0.6) is 0 Å². The van der Waals surface area contributed by atoms with Crippen molar-refractivity contribution in [3.05, 3.63) is 33.8 Å². The second kappa shape index (κ2) is 5.39. The lowest BCUT2D eigenvalue weighted by Crippen LogP contribution is -2.34. The van der Waals surface area contributed by atoms with Crippen molar-refractivity contribution < 1.29 is 23.4 Å². The van der Waals surface area contributed by atoms with Gasteiger partial charge < -0.3 is 14.6 Å². The van der Waals surface area contributed by atoms with Crippen molar-refractivity contribution in [1.29, 1.82) is 0 Å². The zero-order valence-electron chi connectivity index (χ0n) is 8.83. The van der Waals surface area contributed by atoms with E-state index in [1.807, 2.05) is 0 Å². The zero-order valence-corrected chi connectivity index (χ0v) is 10.4. The summed E-state index contributed by atoms with van der Waals surface area (Å²) < 4.78 is 37.2. The summed E-state index contributed by atoms with van der Waals surface area (Å²) in [5.74, 6) is -1.31. The van der Waals surface area contributed by atoms with Gasteiger partial charge in [-0.1, -0.05) is 0 Å². The average molecular weight is 309 g/mol. The first-order valence-corrected chi connectivity index (χ1v) is 5.90. The number of rotatable bonds is 2. The van der Waals surface area contributed by atoms with E-state index < -0.39 is 23.8 Å². The third kappa shape index (κ3) is 2.82. The van der Waals surface area contributed by atoms with E-state index in [0.29, 0.717) is 13.2 Å². The second-order valence-electron chi connectivity index (χ2n) is 3.72. The highest BCUT2D eigenvalue weighted by atomic mass is 79.9. The molecule has 1 aromatic rings. The minimum Gasteiger partial charge on any atom is -0.385 e. The van der Waals surface area contributed by atoms with Gasteiger partial charge in [0.2, 0.25) is 0 Å². The molecule has 0 radical (unpaired) electrons. The molecule has 2 unspecified atom stereocenters. The predicted molar refractivity (Wildman–Crippen MR) is 59.6 cm³/mol. The molecule has 1 heterocycles. The van der Waals surface area contributed by atoms with Crippen LogP contribution in [0, 0.1) is 11.6 Å². The third-order valence-corrected chi connectivity index (χ3v) is 3.16. The number of ether oxygens (including phenoxy) is 2. The molecule has 3 nitrogen and oxygen atoms in total. The molecule has 2 atom stereocenters. The first-order chi connectivity index (χ1) is 8.09. The first-order valence-electron chi connectivity index (χ1n) is 5.11. The summed E-state index contributed by atoms with van der Waals surface area (Å²) in [6, 6.07) is 1.94. The molecule has 6 heteroatoms. The number of halogens is 3. The van der Waals surface area contributed by atoms with Gasteiger partial charge in [0.15, 0.2) is 0 Å². The Morgan fingerprint density at radius 1 is 1.29 bits per heavy atom. The molecule has 1 aliphatic rings. The van der Waals surface area contributed by atoms with Crippen LogP contribution < -0.4 is 0 Å². The maximum absolute atomic E-state index is 13.6. The molecule has 1 N–H and O–H groups in total. The lowest BCUT2D eigenvalue weighted by molar-refractivity contribution is -0.134. The van der Waals surface area contributed by atoms with E-state index in [4.69, 9.17) is 9.47 Å². The Balaban J connectivity index is 2.23. The summed E-state index contributed by atoms with van der Waals surface area (Å²) in [7, 11) is 0. The van der Waals surface area contributed by atoms with Crippen LogP contribution in [0.2, 0.25) is 0 Å². The number of hydrogen-bond acceptors (Lipinski definition) is 3. The van der Waals surface area contributed by atoms with Crippen LogP contribution in [0.15, 0.2) is 16.6 Å². The van der Waals surface area contributed by atoms with E-state index in [2.05, 4.69) is 15.9 Å². The van der Waals surface area contributed by atoms with E-state index in [1.165, 1.54) is 0 Å². The molecule has 2 rings (SSSR count). The lowest BCUT2D eigenvalue weighted by Gasteiger charge is -2.27. The molecular formula is C11H11BrF2O3. The van der Waals surface area contributed by atoms with Gasteiger partial charge in [-0.3, -0.25) is 0 Å². The first kappa shape index (κ1) is 12.9. The van der Waals surface area contributed by atoms with Gasteiger partial charge >= 0.3 is 0 Å². The SMILES string of the molecule is OC(c1cc(F)c(Br)cc1F)C1COCCO1. The summed E-state index contributed by atoms with van der Waals surface area (Å²) in [4.78, 5) is 0. The third-order valence-electron chi connectivity index (χ3n) is 2.55. The Bertz CT molecular complexity index is 408. The van der Waals surface area contributed by atoms with Crippen molar-refractivity contribution in [2.45, 2.75) is 12.2 Å². The minimum absolute atomic E-state index is 0.0202. The van der Waals surface area contributed by atoms with E-state index in [9.17, 15) is 13.9 Å². The molecule has 1 saturated heterocycles. The maximum Gasteiger partial charge on any atom is 0.137 e. The average Bonchev–Trinajstić information content (AvgIpc) is 2.34. The van der Waals surface area contributed by atoms with Gasteiger partial charge in [-0.15, -0.1) is 0 Å². The highest BCUT2D eigenvalue weighted by Crippen LogP contribution is 2.28. The van der Waals surface area contributed by atoms with Gasteiger partial charge in [0.25, 0.3) is 0 Å². The van der Waals surface area contributed by atoms with Crippen molar-refractivity contribution in [3.63, 3.8) is 0 Å². The lowest BCUT2D eigenvalue weighted by atomic mass is 10.0. The highest BCUT2D eigenvalue weighted by Gasteiger charge is 2.27. The number of benzene rings is 1. The van der Waals surface area contributed by atoms with Crippen LogP contribution in [0.25, 0.3) is 0 Å². The molecule has 0 aliphatic carbocycles. The van der Waals surface area contributed by atoms with Crippen LogP contribution in [0.3, 0.4) is 0 Å². The van der Waals surface area contributed by atoms with Gasteiger partial charge in [0.05, 0.1) is 24.3 Å². The minimum atomic E-state index is -1.24. The molecule has 0 aromatic heterocycles. The molecule has 0 saturated carbocycles. The Kier molecular flexibility index (Phi) is 4.09. The molecule has 0 amide bonds. The summed E-state index contributed by atoms with van der Waals surface area (Å²) in [6.45, 7) is 0.945. The van der Waals surface area contributed by atoms with Crippen molar-refractivity contribution in [3.8, 4) is 0 Å². The van der Waals surface area contributed by atoms with Crippen LogP contribution in [-0.4, -0.2) is 31.0 Å². The van der Waals surface area contributed by atoms with E-state index in [1.54, 1.807) is 0 Å². The fourth-order valence-corrected chi connectivity index (χ4v) is 1.97. The van der Waals surface area contributed by atoms with Gasteiger partial charge in [0, 0.05) is 5.56 Å². The van der Waals surface area contributed by atoms with E-state index in [0.717, 1.165) is 12.1 Å². The Morgan fingerprint density at radius 2 is 2.06 bits per heavy atom. The maximum atomic E-state index is 13.6. The largest absolute Gasteiger partial charge is 0.385 e. The quantitative estimate of drug-likeness (QED) is 0.851. The van der Waals surface area contributed by atoms with Gasteiger partial charge in [-0.2, -0.15) is 0 Å². The van der Waals surface area contributed by atoms with Crippen LogP contribution in [-0.2, 0) is 9.47 Å². The van der Waals surface area contributed by atoms with Crippen molar-refractivity contribution in [2.24, 2.45) is 0 Å². The van der Waals surface area contributed by atoms with Crippen LogP contribution in [0.1, 0.15) is 11.7 Å². The summed E-state index contributed by atoms with van der Waals surface area (Å²) >= 11 is 2.87. The topological polar surface area (TPSA) is 38.7 Å². The Morgan fingerprint density at radius 3 is 2.71 bits per heavy atom. The molecule has 17 heavy (non-hydrogen) atoms. The van der Waals surface area contributed by atoms with Gasteiger partial charge in [-0.25, -0.2) is 8.78 Å². The molecule has 0 bridgehead atoms. The normalized spacial score (nSPS) is 22.5. The molecule has 94 valence electrons. The molecule has 1 aromatic carbocycles. The molecule has 1 aliphatic heterocycles. The predicted octanol–water partition coefficient (Wildman–Crippen LogP) is 2.18. The van der Waals surface area contributed by atoms with E-state index in [-0.39, 0.29) is 16.6 Å². The van der Waals surface area contributed by atoms with Crippen LogP contribution in [0.4, 0.5) is 8.78 Å². The number of aliphatic hydroxyl groups excluding tert-OH is 1. The van der Waals surface area contributed by atoms with Crippen molar-refractivity contribution in [2.75, 3.05) is 19.8 Å². The Hall–Kier alpha value is -0.560. The Labute approximate surface area is 105 Å². The number of aliphatic hydroxyl groups is 1. The molecular weight excluding hydrogens is 298 g/mol. The van der Waals surface area contributed by atoms with E-state index >= 15 is 0 Å². The molecule has 1 fully saturated rings.